The lowest BCUT2D eigenvalue weighted by Crippen LogP contribution is -2.26. The molecule has 0 spiro atoms. The highest BCUT2D eigenvalue weighted by atomic mass is 79.9. The van der Waals surface area contributed by atoms with E-state index >= 15 is 0 Å². The Morgan fingerprint density at radius 1 is 1.19 bits per heavy atom. The lowest BCUT2D eigenvalue weighted by molar-refractivity contribution is 0.0675. The van der Waals surface area contributed by atoms with Crippen molar-refractivity contribution in [1.29, 1.82) is 0 Å². The van der Waals surface area contributed by atoms with Gasteiger partial charge in [-0.2, -0.15) is 5.10 Å². The van der Waals surface area contributed by atoms with Crippen LogP contribution in [0.2, 0.25) is 0 Å². The number of phenols is 1. The van der Waals surface area contributed by atoms with Crippen molar-refractivity contribution in [3.05, 3.63) is 82.5 Å². The quantitative estimate of drug-likeness (QED) is 0.702. The number of amides is 1. The number of rotatable bonds is 3. The van der Waals surface area contributed by atoms with Gasteiger partial charge in [-0.25, -0.2) is 5.01 Å². The van der Waals surface area contributed by atoms with Crippen LogP contribution in [-0.4, -0.2) is 26.7 Å². The Morgan fingerprint density at radius 2 is 2.04 bits per heavy atom. The third-order valence-corrected chi connectivity index (χ3v) is 4.62. The number of carbonyl (C=O) groups is 1. The van der Waals surface area contributed by atoms with Gasteiger partial charge in [0.25, 0.3) is 0 Å². The number of hydrogen-bond donors (Lipinski definition) is 1. The van der Waals surface area contributed by atoms with Crippen LogP contribution in [-0.2, 0) is 0 Å². The lowest BCUT2D eigenvalue weighted by Gasteiger charge is -2.21. The second-order valence-corrected chi connectivity index (χ2v) is 6.60. The van der Waals surface area contributed by atoms with Gasteiger partial charge in [0.1, 0.15) is 5.75 Å². The van der Waals surface area contributed by atoms with E-state index in [4.69, 9.17) is 4.42 Å². The topological polar surface area (TPSA) is 78.9 Å². The minimum atomic E-state index is -0.428. The summed E-state index contributed by atoms with van der Waals surface area (Å²) in [4.78, 5) is 17.1. The summed E-state index contributed by atoms with van der Waals surface area (Å²) in [6.45, 7) is 0. The van der Waals surface area contributed by atoms with Crippen molar-refractivity contribution in [1.82, 2.24) is 9.99 Å². The third kappa shape index (κ3) is 3.01. The van der Waals surface area contributed by atoms with E-state index in [9.17, 15) is 9.90 Å². The fourth-order valence-corrected chi connectivity index (χ4v) is 3.27. The number of hydrazone groups is 1. The average molecular weight is 412 g/mol. The minimum absolute atomic E-state index is 0.124. The fourth-order valence-electron chi connectivity index (χ4n) is 2.96. The van der Waals surface area contributed by atoms with Gasteiger partial charge in [-0.1, -0.05) is 24.3 Å². The molecule has 0 aliphatic carbocycles. The SMILES string of the molecule is O=C(c1ccc(Br)o1)N1N=C(c2cccnc2)CC1c1ccccc1O. The number of pyridine rings is 1. The number of aromatic nitrogens is 1. The Bertz CT molecular complexity index is 984. The molecule has 0 bridgehead atoms. The van der Waals surface area contributed by atoms with Gasteiger partial charge in [0.2, 0.25) is 0 Å². The van der Waals surface area contributed by atoms with Gasteiger partial charge in [0, 0.05) is 29.9 Å². The molecule has 0 radical (unpaired) electrons. The fraction of sp³-hybridized carbons (Fsp3) is 0.105. The summed E-state index contributed by atoms with van der Waals surface area (Å²) in [5, 5.41) is 16.2. The molecular formula is C19H14BrN3O3. The highest BCUT2D eigenvalue weighted by Gasteiger charge is 2.36. The number of halogens is 1. The normalized spacial score (nSPS) is 16.6. The summed E-state index contributed by atoms with van der Waals surface area (Å²) in [7, 11) is 0. The molecule has 4 rings (SSSR count). The lowest BCUT2D eigenvalue weighted by atomic mass is 9.98. The predicted molar refractivity (Wildman–Crippen MR) is 98.8 cm³/mol. The number of hydrogen-bond acceptors (Lipinski definition) is 5. The van der Waals surface area contributed by atoms with Crippen molar-refractivity contribution < 1.29 is 14.3 Å². The predicted octanol–water partition coefficient (Wildman–Crippen LogP) is 4.13. The second kappa shape index (κ2) is 6.76. The van der Waals surface area contributed by atoms with Crippen molar-refractivity contribution in [2.45, 2.75) is 12.5 Å². The molecule has 1 aliphatic heterocycles. The van der Waals surface area contributed by atoms with Crippen LogP contribution in [0.15, 0.2) is 75.1 Å². The molecule has 0 saturated heterocycles. The highest BCUT2D eigenvalue weighted by Crippen LogP contribution is 2.37. The van der Waals surface area contributed by atoms with E-state index in [1.54, 1.807) is 42.7 Å². The Morgan fingerprint density at radius 3 is 2.73 bits per heavy atom. The van der Waals surface area contributed by atoms with Crippen LogP contribution in [0.5, 0.6) is 5.75 Å². The van der Waals surface area contributed by atoms with Gasteiger partial charge < -0.3 is 9.52 Å². The van der Waals surface area contributed by atoms with Crippen LogP contribution in [0, 0.1) is 0 Å². The number of phenolic OH excluding ortho intramolecular Hbond substituents is 1. The zero-order valence-corrected chi connectivity index (χ0v) is 15.1. The molecule has 1 aliphatic rings. The molecule has 3 heterocycles. The van der Waals surface area contributed by atoms with Crippen LogP contribution in [0.3, 0.4) is 0 Å². The third-order valence-electron chi connectivity index (χ3n) is 4.19. The number of nitrogens with zero attached hydrogens (tertiary/aromatic N) is 3. The maximum absolute atomic E-state index is 12.9. The first kappa shape index (κ1) is 16.5. The van der Waals surface area contributed by atoms with Gasteiger partial charge >= 0.3 is 5.91 Å². The Hall–Kier alpha value is -2.93. The molecule has 3 aromatic rings. The molecule has 26 heavy (non-hydrogen) atoms. The van der Waals surface area contributed by atoms with Crippen LogP contribution >= 0.6 is 15.9 Å². The van der Waals surface area contributed by atoms with Crippen LogP contribution in [0.25, 0.3) is 0 Å². The first-order valence-corrected chi connectivity index (χ1v) is 8.77. The molecule has 1 amide bonds. The largest absolute Gasteiger partial charge is 0.508 e. The van der Waals surface area contributed by atoms with Gasteiger partial charge in [-0.3, -0.25) is 9.78 Å². The number of carbonyl (C=O) groups excluding carboxylic acids is 1. The molecule has 6 nitrogen and oxygen atoms in total. The molecule has 0 saturated carbocycles. The molecule has 1 atom stereocenters. The van der Waals surface area contributed by atoms with Crippen LogP contribution in [0.4, 0.5) is 0 Å². The zero-order valence-electron chi connectivity index (χ0n) is 13.5. The Labute approximate surface area is 157 Å². The average Bonchev–Trinajstić information content (AvgIpc) is 3.29. The van der Waals surface area contributed by atoms with Crippen LogP contribution in [0.1, 0.15) is 34.1 Å². The molecule has 130 valence electrons. The maximum Gasteiger partial charge on any atom is 0.310 e. The van der Waals surface area contributed by atoms with Crippen molar-refractivity contribution >= 4 is 27.5 Å². The van der Waals surface area contributed by atoms with Gasteiger partial charge in [0.15, 0.2) is 10.4 Å². The Balaban J connectivity index is 1.75. The first-order valence-electron chi connectivity index (χ1n) is 7.98. The van der Waals surface area contributed by atoms with Gasteiger partial charge in [-0.05, 0) is 40.2 Å². The smallest absolute Gasteiger partial charge is 0.310 e. The summed E-state index contributed by atoms with van der Waals surface area (Å²) in [6, 6.07) is 13.5. The highest BCUT2D eigenvalue weighted by molar-refractivity contribution is 9.10. The van der Waals surface area contributed by atoms with E-state index in [2.05, 4.69) is 26.0 Å². The van der Waals surface area contributed by atoms with E-state index < -0.39 is 6.04 Å². The molecule has 7 heteroatoms. The number of aromatic hydroxyl groups is 1. The van der Waals surface area contributed by atoms with Crippen molar-refractivity contribution in [3.8, 4) is 5.75 Å². The molecule has 2 aromatic heterocycles. The molecule has 1 N–H and O–H groups in total. The maximum atomic E-state index is 12.9. The Kier molecular flexibility index (Phi) is 4.30. The van der Waals surface area contributed by atoms with E-state index in [0.29, 0.717) is 16.7 Å². The molecule has 1 unspecified atom stereocenters. The van der Waals surface area contributed by atoms with E-state index in [1.165, 1.54) is 5.01 Å². The summed E-state index contributed by atoms with van der Waals surface area (Å²) >= 11 is 3.21. The first-order chi connectivity index (χ1) is 12.6. The standard InChI is InChI=1S/C19H14BrN3O3/c20-18-8-7-17(26-18)19(25)23-15(13-5-1-2-6-16(13)24)10-14(22-23)12-4-3-9-21-11-12/h1-9,11,15,24H,10H2. The summed E-state index contributed by atoms with van der Waals surface area (Å²) in [6.07, 6.45) is 3.86. The van der Waals surface area contributed by atoms with Gasteiger partial charge in [-0.15, -0.1) is 0 Å². The monoisotopic (exact) mass is 411 g/mol. The number of benzene rings is 1. The van der Waals surface area contributed by atoms with Crippen LogP contribution < -0.4 is 0 Å². The zero-order chi connectivity index (χ0) is 18.1. The summed E-state index contributed by atoms with van der Waals surface area (Å²) in [5.74, 6) is -0.0742. The minimum Gasteiger partial charge on any atom is -0.508 e. The number of para-hydroxylation sites is 1. The summed E-state index contributed by atoms with van der Waals surface area (Å²) in [5.41, 5.74) is 2.20. The van der Waals surface area contributed by atoms with E-state index in [-0.39, 0.29) is 17.4 Å². The molecule has 0 fully saturated rings. The molecule has 1 aromatic carbocycles. The summed E-state index contributed by atoms with van der Waals surface area (Å²) < 4.78 is 5.86. The van der Waals surface area contributed by atoms with E-state index in [1.807, 2.05) is 18.2 Å². The molecular weight excluding hydrogens is 398 g/mol. The second-order valence-electron chi connectivity index (χ2n) is 5.82. The van der Waals surface area contributed by atoms with Crippen molar-refractivity contribution in [2.24, 2.45) is 5.10 Å². The number of furan rings is 1. The van der Waals surface area contributed by atoms with Crippen molar-refractivity contribution in [2.75, 3.05) is 0 Å². The van der Waals surface area contributed by atoms with E-state index in [0.717, 1.165) is 11.3 Å². The van der Waals surface area contributed by atoms with Crippen molar-refractivity contribution in [3.63, 3.8) is 0 Å². The van der Waals surface area contributed by atoms with Gasteiger partial charge in [0.05, 0.1) is 11.8 Å².